The van der Waals surface area contributed by atoms with Crippen molar-refractivity contribution in [3.63, 3.8) is 0 Å². The summed E-state index contributed by atoms with van der Waals surface area (Å²) >= 11 is 0. The fourth-order valence-corrected chi connectivity index (χ4v) is 2.00. The predicted molar refractivity (Wildman–Crippen MR) is 97.4 cm³/mol. The Kier molecular flexibility index (Phi) is 6.32. The van der Waals surface area contributed by atoms with E-state index in [1.54, 1.807) is 56.3 Å². The summed E-state index contributed by atoms with van der Waals surface area (Å²) in [5.41, 5.74) is 1.52. The van der Waals surface area contributed by atoms with Crippen LogP contribution in [0.4, 0.5) is 11.4 Å². The van der Waals surface area contributed by atoms with Crippen LogP contribution in [-0.4, -0.2) is 29.5 Å². The van der Waals surface area contributed by atoms with Gasteiger partial charge in [0, 0.05) is 28.9 Å². The fourth-order valence-electron chi connectivity index (χ4n) is 2.00. The highest BCUT2D eigenvalue weighted by molar-refractivity contribution is 6.04. The highest BCUT2D eigenvalue weighted by atomic mass is 16.5. The molecule has 7 nitrogen and oxygen atoms in total. The quantitative estimate of drug-likeness (QED) is 0.707. The van der Waals surface area contributed by atoms with Gasteiger partial charge < -0.3 is 20.5 Å². The summed E-state index contributed by atoms with van der Waals surface area (Å²) in [5.74, 6) is -1.29. The van der Waals surface area contributed by atoms with E-state index in [1.165, 1.54) is 6.07 Å². The van der Waals surface area contributed by atoms with Crippen molar-refractivity contribution in [1.29, 1.82) is 0 Å². The van der Waals surface area contributed by atoms with E-state index in [1.807, 2.05) is 0 Å². The fraction of sp³-hybridized carbons (Fsp3) is 0.211. The number of aliphatic carboxylic acids is 1. The van der Waals surface area contributed by atoms with E-state index in [0.29, 0.717) is 22.7 Å². The first kappa shape index (κ1) is 19.0. The van der Waals surface area contributed by atoms with Crippen LogP contribution in [-0.2, 0) is 9.59 Å². The molecule has 0 spiro atoms. The maximum atomic E-state index is 12.3. The zero-order chi connectivity index (χ0) is 19.1. The first-order chi connectivity index (χ1) is 12.3. The zero-order valence-corrected chi connectivity index (χ0v) is 14.5. The Morgan fingerprint density at radius 3 is 2.31 bits per heavy atom. The smallest absolute Gasteiger partial charge is 0.341 e. The van der Waals surface area contributed by atoms with E-state index in [2.05, 4.69) is 10.6 Å². The summed E-state index contributed by atoms with van der Waals surface area (Å²) in [5, 5.41) is 14.1. The number of carboxylic acid groups (broad SMARTS) is 1. The molecule has 0 fully saturated rings. The molecule has 0 saturated carbocycles. The Labute approximate surface area is 151 Å². The van der Waals surface area contributed by atoms with E-state index in [0.717, 1.165) is 0 Å². The molecular weight excluding hydrogens is 336 g/mol. The molecule has 2 rings (SSSR count). The second kappa shape index (κ2) is 8.66. The average Bonchev–Trinajstić information content (AvgIpc) is 2.60. The number of hydrogen-bond acceptors (Lipinski definition) is 4. The van der Waals surface area contributed by atoms with Crippen molar-refractivity contribution in [2.24, 2.45) is 5.92 Å². The minimum atomic E-state index is -1.08. The second-order valence-corrected chi connectivity index (χ2v) is 5.89. The SMILES string of the molecule is CC(C)C(=O)Nc1ccc(C(=O)Nc2cccc(OCC(=O)O)c2)cc1. The number of carboxylic acids is 1. The zero-order valence-electron chi connectivity index (χ0n) is 14.5. The molecule has 0 radical (unpaired) electrons. The number of amides is 2. The molecule has 0 bridgehead atoms. The van der Waals surface area contributed by atoms with Gasteiger partial charge in [0.15, 0.2) is 6.61 Å². The Morgan fingerprint density at radius 1 is 1.00 bits per heavy atom. The van der Waals surface area contributed by atoms with Crippen molar-refractivity contribution in [1.82, 2.24) is 0 Å². The number of anilines is 2. The third-order valence-corrected chi connectivity index (χ3v) is 3.39. The van der Waals surface area contributed by atoms with Crippen molar-refractivity contribution < 1.29 is 24.2 Å². The molecule has 0 aliphatic rings. The third-order valence-electron chi connectivity index (χ3n) is 3.39. The molecule has 0 aromatic heterocycles. The monoisotopic (exact) mass is 356 g/mol. The summed E-state index contributed by atoms with van der Waals surface area (Å²) in [7, 11) is 0. The van der Waals surface area contributed by atoms with Gasteiger partial charge in [-0.25, -0.2) is 4.79 Å². The molecular formula is C19H20N2O5. The number of nitrogens with one attached hydrogen (secondary N) is 2. The minimum absolute atomic E-state index is 0.0969. The van der Waals surface area contributed by atoms with E-state index >= 15 is 0 Å². The molecule has 7 heteroatoms. The van der Waals surface area contributed by atoms with Crippen molar-refractivity contribution in [3.05, 3.63) is 54.1 Å². The van der Waals surface area contributed by atoms with Crippen LogP contribution >= 0.6 is 0 Å². The first-order valence-electron chi connectivity index (χ1n) is 8.02. The Hall–Kier alpha value is -3.35. The lowest BCUT2D eigenvalue weighted by Crippen LogP contribution is -2.18. The van der Waals surface area contributed by atoms with Crippen LogP contribution in [0, 0.1) is 5.92 Å². The van der Waals surface area contributed by atoms with Gasteiger partial charge in [0.05, 0.1) is 0 Å². The van der Waals surface area contributed by atoms with Crippen LogP contribution in [0.15, 0.2) is 48.5 Å². The third kappa shape index (κ3) is 5.62. The summed E-state index contributed by atoms with van der Waals surface area (Å²) in [6.07, 6.45) is 0. The second-order valence-electron chi connectivity index (χ2n) is 5.89. The molecule has 0 aliphatic heterocycles. The molecule has 0 aliphatic carbocycles. The number of ether oxygens (including phenoxy) is 1. The number of benzene rings is 2. The number of rotatable bonds is 7. The molecule has 0 heterocycles. The number of carbonyl (C=O) groups is 3. The molecule has 2 aromatic rings. The standard InChI is InChI=1S/C19H20N2O5/c1-12(2)18(24)20-14-8-6-13(7-9-14)19(25)21-15-4-3-5-16(10-15)26-11-17(22)23/h3-10,12H,11H2,1-2H3,(H,20,24)(H,21,25)(H,22,23). The van der Waals surface area contributed by atoms with Gasteiger partial charge >= 0.3 is 5.97 Å². The van der Waals surface area contributed by atoms with E-state index < -0.39 is 12.6 Å². The van der Waals surface area contributed by atoms with Gasteiger partial charge in [-0.2, -0.15) is 0 Å². The van der Waals surface area contributed by atoms with Crippen molar-refractivity contribution in [3.8, 4) is 5.75 Å². The summed E-state index contributed by atoms with van der Waals surface area (Å²) < 4.78 is 5.08. The van der Waals surface area contributed by atoms with E-state index in [-0.39, 0.29) is 17.7 Å². The summed E-state index contributed by atoms with van der Waals surface area (Å²) in [6.45, 7) is 3.14. The minimum Gasteiger partial charge on any atom is -0.482 e. The van der Waals surface area contributed by atoms with Gasteiger partial charge in [-0.15, -0.1) is 0 Å². The van der Waals surface area contributed by atoms with E-state index in [9.17, 15) is 14.4 Å². The van der Waals surface area contributed by atoms with Gasteiger partial charge in [0.2, 0.25) is 5.91 Å². The normalized spacial score (nSPS) is 10.3. The lowest BCUT2D eigenvalue weighted by molar-refractivity contribution is -0.139. The number of hydrogen-bond donors (Lipinski definition) is 3. The maximum Gasteiger partial charge on any atom is 0.341 e. The first-order valence-corrected chi connectivity index (χ1v) is 8.02. The molecule has 0 saturated heterocycles. The van der Waals surface area contributed by atoms with Crippen LogP contribution in [0.25, 0.3) is 0 Å². The van der Waals surface area contributed by atoms with Gasteiger partial charge in [-0.05, 0) is 36.4 Å². The lowest BCUT2D eigenvalue weighted by atomic mass is 10.1. The van der Waals surface area contributed by atoms with Gasteiger partial charge in [-0.1, -0.05) is 19.9 Å². The summed E-state index contributed by atoms with van der Waals surface area (Å²) in [4.78, 5) is 34.5. The van der Waals surface area contributed by atoms with Crippen LogP contribution in [0.5, 0.6) is 5.75 Å². The lowest BCUT2D eigenvalue weighted by Gasteiger charge is -2.10. The Morgan fingerprint density at radius 2 is 1.69 bits per heavy atom. The molecule has 26 heavy (non-hydrogen) atoms. The molecule has 136 valence electrons. The molecule has 0 atom stereocenters. The summed E-state index contributed by atoms with van der Waals surface area (Å²) in [6, 6.07) is 13.0. The van der Waals surface area contributed by atoms with Gasteiger partial charge in [-0.3, -0.25) is 9.59 Å². The Bertz CT molecular complexity index is 800. The maximum absolute atomic E-state index is 12.3. The Balaban J connectivity index is 2.00. The van der Waals surface area contributed by atoms with Crippen LogP contribution in [0.1, 0.15) is 24.2 Å². The van der Waals surface area contributed by atoms with Crippen LogP contribution in [0.3, 0.4) is 0 Å². The topological polar surface area (TPSA) is 105 Å². The van der Waals surface area contributed by atoms with Gasteiger partial charge in [0.25, 0.3) is 5.91 Å². The average molecular weight is 356 g/mol. The van der Waals surface area contributed by atoms with Crippen LogP contribution < -0.4 is 15.4 Å². The van der Waals surface area contributed by atoms with Gasteiger partial charge in [0.1, 0.15) is 5.75 Å². The molecule has 2 amide bonds. The molecule has 2 aromatic carbocycles. The van der Waals surface area contributed by atoms with Crippen molar-refractivity contribution >= 4 is 29.2 Å². The molecule has 3 N–H and O–H groups in total. The van der Waals surface area contributed by atoms with Crippen molar-refractivity contribution in [2.75, 3.05) is 17.2 Å². The largest absolute Gasteiger partial charge is 0.482 e. The van der Waals surface area contributed by atoms with Crippen LogP contribution in [0.2, 0.25) is 0 Å². The highest BCUT2D eigenvalue weighted by Crippen LogP contribution is 2.19. The molecule has 0 unspecified atom stereocenters. The van der Waals surface area contributed by atoms with Crippen molar-refractivity contribution in [2.45, 2.75) is 13.8 Å². The van der Waals surface area contributed by atoms with E-state index in [4.69, 9.17) is 9.84 Å². The highest BCUT2D eigenvalue weighted by Gasteiger charge is 2.10. The number of carbonyl (C=O) groups excluding carboxylic acids is 2. The predicted octanol–water partition coefficient (Wildman–Crippen LogP) is 3.00.